The fourth-order valence-corrected chi connectivity index (χ4v) is 1.98. The number of carboxylic acid groups (broad SMARTS) is 1. The number of hydrogen-bond acceptors (Lipinski definition) is 2. The van der Waals surface area contributed by atoms with Gasteiger partial charge in [-0.15, -0.1) is 0 Å². The lowest BCUT2D eigenvalue weighted by molar-refractivity contribution is -0.140. The van der Waals surface area contributed by atoms with E-state index in [1.807, 2.05) is 18.2 Å². The topological polar surface area (TPSA) is 78.4 Å². The van der Waals surface area contributed by atoms with Crippen molar-refractivity contribution in [1.29, 1.82) is 0 Å². The standard InChI is InChI=1S/C14H18N2O3/c1-9(13(17)18)8-15-14(19)16-12-7-11(12)10-5-3-2-4-6-10/h2-6,9,11-12H,7-8H2,1H3,(H,17,18)(H2,15,16,19). The molecule has 1 aliphatic rings. The smallest absolute Gasteiger partial charge is 0.315 e. The van der Waals surface area contributed by atoms with Crippen LogP contribution in [0.1, 0.15) is 24.8 Å². The molecule has 1 fully saturated rings. The zero-order valence-electron chi connectivity index (χ0n) is 10.8. The molecule has 3 unspecified atom stereocenters. The predicted molar refractivity (Wildman–Crippen MR) is 70.9 cm³/mol. The largest absolute Gasteiger partial charge is 0.481 e. The van der Waals surface area contributed by atoms with Gasteiger partial charge >= 0.3 is 12.0 Å². The van der Waals surface area contributed by atoms with E-state index < -0.39 is 11.9 Å². The minimum Gasteiger partial charge on any atom is -0.481 e. The number of carboxylic acids is 1. The predicted octanol–water partition coefficient (Wildman–Crippen LogP) is 1.56. The van der Waals surface area contributed by atoms with Crippen LogP contribution >= 0.6 is 0 Å². The Morgan fingerprint density at radius 3 is 2.68 bits per heavy atom. The first-order valence-corrected chi connectivity index (χ1v) is 6.40. The summed E-state index contributed by atoms with van der Waals surface area (Å²) in [6.07, 6.45) is 0.936. The molecule has 2 amide bonds. The average Bonchev–Trinajstić information content (AvgIpc) is 3.16. The Labute approximate surface area is 112 Å². The Balaban J connectivity index is 1.72. The minimum atomic E-state index is -0.908. The number of hydrogen-bond donors (Lipinski definition) is 3. The molecule has 1 aromatic rings. The Bertz CT molecular complexity index is 461. The SMILES string of the molecule is CC(CNC(=O)NC1CC1c1ccccc1)C(=O)O. The normalized spacial score (nSPS) is 22.4. The third-order valence-corrected chi connectivity index (χ3v) is 3.33. The number of rotatable bonds is 5. The van der Waals surface area contributed by atoms with E-state index in [1.165, 1.54) is 5.56 Å². The van der Waals surface area contributed by atoms with Crippen molar-refractivity contribution in [2.45, 2.75) is 25.3 Å². The van der Waals surface area contributed by atoms with Crippen molar-refractivity contribution in [3.05, 3.63) is 35.9 Å². The first-order valence-electron chi connectivity index (χ1n) is 6.40. The number of carbonyl (C=O) groups is 2. The molecular formula is C14H18N2O3. The van der Waals surface area contributed by atoms with Gasteiger partial charge in [-0.3, -0.25) is 4.79 Å². The van der Waals surface area contributed by atoms with E-state index in [9.17, 15) is 9.59 Å². The number of urea groups is 1. The van der Waals surface area contributed by atoms with Gasteiger partial charge in [-0.1, -0.05) is 37.3 Å². The second kappa shape index (κ2) is 5.73. The fourth-order valence-electron chi connectivity index (χ4n) is 1.98. The van der Waals surface area contributed by atoms with Crippen LogP contribution in [0, 0.1) is 5.92 Å². The van der Waals surface area contributed by atoms with Crippen LogP contribution in [0.15, 0.2) is 30.3 Å². The fraction of sp³-hybridized carbons (Fsp3) is 0.429. The van der Waals surface area contributed by atoms with Crippen LogP contribution in [-0.2, 0) is 4.79 Å². The molecule has 1 aliphatic carbocycles. The third-order valence-electron chi connectivity index (χ3n) is 3.33. The molecule has 0 heterocycles. The Morgan fingerprint density at radius 1 is 1.37 bits per heavy atom. The van der Waals surface area contributed by atoms with E-state index in [1.54, 1.807) is 6.92 Å². The molecule has 19 heavy (non-hydrogen) atoms. The van der Waals surface area contributed by atoms with Gasteiger partial charge in [0.2, 0.25) is 0 Å². The van der Waals surface area contributed by atoms with Crippen LogP contribution in [0.2, 0.25) is 0 Å². The van der Waals surface area contributed by atoms with Crippen molar-refractivity contribution < 1.29 is 14.7 Å². The van der Waals surface area contributed by atoms with E-state index in [0.717, 1.165) is 6.42 Å². The lowest BCUT2D eigenvalue weighted by atomic mass is 10.1. The molecule has 5 nitrogen and oxygen atoms in total. The van der Waals surface area contributed by atoms with Crippen molar-refractivity contribution in [3.8, 4) is 0 Å². The summed E-state index contributed by atoms with van der Waals surface area (Å²) in [6, 6.07) is 9.90. The quantitative estimate of drug-likeness (QED) is 0.753. The van der Waals surface area contributed by atoms with Crippen molar-refractivity contribution in [1.82, 2.24) is 10.6 Å². The number of benzene rings is 1. The summed E-state index contributed by atoms with van der Waals surface area (Å²) in [5, 5.41) is 14.1. The molecular weight excluding hydrogens is 244 g/mol. The zero-order valence-corrected chi connectivity index (χ0v) is 10.8. The second-order valence-electron chi connectivity index (χ2n) is 4.95. The van der Waals surface area contributed by atoms with Crippen molar-refractivity contribution in [2.24, 2.45) is 5.92 Å². The number of amides is 2. The van der Waals surface area contributed by atoms with E-state index in [4.69, 9.17) is 5.11 Å². The average molecular weight is 262 g/mol. The van der Waals surface area contributed by atoms with Gasteiger partial charge < -0.3 is 15.7 Å². The van der Waals surface area contributed by atoms with E-state index in [0.29, 0.717) is 5.92 Å². The molecule has 1 saturated carbocycles. The number of nitrogens with one attached hydrogen (secondary N) is 2. The second-order valence-corrected chi connectivity index (χ2v) is 4.95. The molecule has 0 spiro atoms. The Kier molecular flexibility index (Phi) is 4.04. The van der Waals surface area contributed by atoms with Crippen LogP contribution in [-0.4, -0.2) is 29.7 Å². The van der Waals surface area contributed by atoms with Gasteiger partial charge in [0.25, 0.3) is 0 Å². The summed E-state index contributed by atoms with van der Waals surface area (Å²) < 4.78 is 0. The summed E-state index contributed by atoms with van der Waals surface area (Å²) in [5.41, 5.74) is 1.23. The lowest BCUT2D eigenvalue weighted by Crippen LogP contribution is -2.40. The van der Waals surface area contributed by atoms with Gasteiger partial charge in [0.05, 0.1) is 5.92 Å². The van der Waals surface area contributed by atoms with Crippen LogP contribution < -0.4 is 10.6 Å². The van der Waals surface area contributed by atoms with E-state index in [2.05, 4.69) is 22.8 Å². The highest BCUT2D eigenvalue weighted by Crippen LogP contribution is 2.40. The highest BCUT2D eigenvalue weighted by molar-refractivity contribution is 5.76. The summed E-state index contributed by atoms with van der Waals surface area (Å²) in [4.78, 5) is 22.2. The van der Waals surface area contributed by atoms with Crippen LogP contribution in [0.5, 0.6) is 0 Å². The molecule has 1 aromatic carbocycles. The highest BCUT2D eigenvalue weighted by Gasteiger charge is 2.39. The molecule has 3 N–H and O–H groups in total. The van der Waals surface area contributed by atoms with Gasteiger partial charge in [0.1, 0.15) is 0 Å². The van der Waals surface area contributed by atoms with Gasteiger partial charge in [-0.25, -0.2) is 4.79 Å². The highest BCUT2D eigenvalue weighted by atomic mass is 16.4. The molecule has 0 radical (unpaired) electrons. The van der Waals surface area contributed by atoms with E-state index >= 15 is 0 Å². The Morgan fingerprint density at radius 2 is 2.05 bits per heavy atom. The maximum Gasteiger partial charge on any atom is 0.315 e. The van der Waals surface area contributed by atoms with Crippen LogP contribution in [0.3, 0.4) is 0 Å². The summed E-state index contributed by atoms with van der Waals surface area (Å²) in [5.74, 6) is -1.10. The minimum absolute atomic E-state index is 0.143. The van der Waals surface area contributed by atoms with Gasteiger partial charge in [0, 0.05) is 18.5 Å². The van der Waals surface area contributed by atoms with Gasteiger partial charge in [-0.2, -0.15) is 0 Å². The van der Waals surface area contributed by atoms with Crippen molar-refractivity contribution in [3.63, 3.8) is 0 Å². The number of aliphatic carboxylic acids is 1. The number of carbonyl (C=O) groups excluding carboxylic acids is 1. The van der Waals surface area contributed by atoms with Crippen LogP contribution in [0.4, 0.5) is 4.79 Å². The monoisotopic (exact) mass is 262 g/mol. The summed E-state index contributed by atoms with van der Waals surface area (Å²) in [7, 11) is 0. The molecule has 5 heteroatoms. The first-order chi connectivity index (χ1) is 9.08. The zero-order chi connectivity index (χ0) is 13.8. The third kappa shape index (κ3) is 3.71. The molecule has 3 atom stereocenters. The van der Waals surface area contributed by atoms with Crippen molar-refractivity contribution >= 4 is 12.0 Å². The molecule has 102 valence electrons. The molecule has 0 aromatic heterocycles. The summed E-state index contributed by atoms with van der Waals surface area (Å²) >= 11 is 0. The lowest BCUT2D eigenvalue weighted by Gasteiger charge is -2.09. The van der Waals surface area contributed by atoms with Crippen LogP contribution in [0.25, 0.3) is 0 Å². The molecule has 0 aliphatic heterocycles. The molecule has 0 bridgehead atoms. The van der Waals surface area contributed by atoms with Gasteiger partial charge in [0.15, 0.2) is 0 Å². The maximum absolute atomic E-state index is 11.6. The first kappa shape index (κ1) is 13.4. The maximum atomic E-state index is 11.6. The molecule has 0 saturated heterocycles. The van der Waals surface area contributed by atoms with E-state index in [-0.39, 0.29) is 18.6 Å². The molecule has 2 rings (SSSR count). The van der Waals surface area contributed by atoms with Gasteiger partial charge in [-0.05, 0) is 12.0 Å². The Hall–Kier alpha value is -2.04. The summed E-state index contributed by atoms with van der Waals surface area (Å²) in [6.45, 7) is 1.70. The van der Waals surface area contributed by atoms with Crippen molar-refractivity contribution in [2.75, 3.05) is 6.54 Å².